The fourth-order valence-corrected chi connectivity index (χ4v) is 1.51. The molecular weight excluding hydrogens is 276 g/mol. The smallest absolute Gasteiger partial charge is 0.330 e. The van der Waals surface area contributed by atoms with E-state index >= 15 is 0 Å². The standard InChI is InChI=1S/C12H26N6O3/c13-6-2-1-4-8(14)10(19)21-11(20)9(15)5-3-7-18-12(16)17/h8-9H,1-7,13-15H2,(H4,16,17,18)/t8?,9-/m0/s1. The van der Waals surface area contributed by atoms with Crippen molar-refractivity contribution in [2.75, 3.05) is 13.1 Å². The van der Waals surface area contributed by atoms with Gasteiger partial charge in [0.15, 0.2) is 5.96 Å². The van der Waals surface area contributed by atoms with E-state index in [1.54, 1.807) is 0 Å². The lowest BCUT2D eigenvalue weighted by atomic mass is 10.1. The van der Waals surface area contributed by atoms with Crippen molar-refractivity contribution in [1.82, 2.24) is 0 Å². The van der Waals surface area contributed by atoms with Gasteiger partial charge in [0.1, 0.15) is 12.1 Å². The molecule has 0 aliphatic carbocycles. The predicted octanol–water partition coefficient (Wildman–Crippen LogP) is -2.11. The minimum absolute atomic E-state index is 0.0234. The van der Waals surface area contributed by atoms with Gasteiger partial charge in [0, 0.05) is 6.54 Å². The molecule has 122 valence electrons. The second kappa shape index (κ2) is 11.0. The highest BCUT2D eigenvalue weighted by Gasteiger charge is 2.22. The lowest BCUT2D eigenvalue weighted by Crippen LogP contribution is -2.39. The predicted molar refractivity (Wildman–Crippen MR) is 79.9 cm³/mol. The maximum atomic E-state index is 11.6. The van der Waals surface area contributed by atoms with E-state index in [4.69, 9.17) is 28.7 Å². The van der Waals surface area contributed by atoms with Gasteiger partial charge in [0.2, 0.25) is 0 Å². The van der Waals surface area contributed by atoms with Gasteiger partial charge in [-0.25, -0.2) is 9.59 Å². The van der Waals surface area contributed by atoms with Crippen LogP contribution in [0.5, 0.6) is 0 Å². The number of hydrogen-bond donors (Lipinski definition) is 5. The SMILES string of the molecule is NCCCCC(N)C(=O)OC(=O)[C@@H](N)CCCN=C(N)N. The van der Waals surface area contributed by atoms with E-state index in [2.05, 4.69) is 9.73 Å². The quantitative estimate of drug-likeness (QED) is 0.0996. The minimum Gasteiger partial charge on any atom is -0.391 e. The number of guanidine groups is 1. The Morgan fingerprint density at radius 2 is 1.48 bits per heavy atom. The fourth-order valence-electron chi connectivity index (χ4n) is 1.51. The average molecular weight is 302 g/mol. The van der Waals surface area contributed by atoms with Crippen LogP contribution in [0.2, 0.25) is 0 Å². The molecule has 0 saturated heterocycles. The Morgan fingerprint density at radius 3 is 1.95 bits per heavy atom. The number of carbonyl (C=O) groups excluding carboxylic acids is 2. The van der Waals surface area contributed by atoms with Crippen molar-refractivity contribution < 1.29 is 14.3 Å². The number of rotatable bonds is 10. The summed E-state index contributed by atoms with van der Waals surface area (Å²) in [4.78, 5) is 26.9. The highest BCUT2D eigenvalue weighted by molar-refractivity contribution is 5.90. The second-order valence-corrected chi connectivity index (χ2v) is 4.69. The summed E-state index contributed by atoms with van der Waals surface area (Å²) in [5, 5.41) is 0. The number of nitrogens with zero attached hydrogens (tertiary/aromatic N) is 1. The van der Waals surface area contributed by atoms with Crippen LogP contribution in [0.15, 0.2) is 4.99 Å². The molecule has 0 amide bonds. The van der Waals surface area contributed by atoms with Crippen LogP contribution < -0.4 is 28.7 Å². The van der Waals surface area contributed by atoms with Gasteiger partial charge in [-0.3, -0.25) is 4.99 Å². The molecular formula is C12H26N6O3. The molecule has 9 nitrogen and oxygen atoms in total. The van der Waals surface area contributed by atoms with Gasteiger partial charge in [-0.05, 0) is 32.2 Å². The zero-order chi connectivity index (χ0) is 16.3. The van der Waals surface area contributed by atoms with Crippen LogP contribution in [-0.2, 0) is 14.3 Å². The summed E-state index contributed by atoms with van der Waals surface area (Å²) in [7, 11) is 0. The molecule has 1 unspecified atom stereocenters. The van der Waals surface area contributed by atoms with Gasteiger partial charge in [-0.2, -0.15) is 0 Å². The molecule has 0 fully saturated rings. The molecule has 0 saturated carbocycles. The highest BCUT2D eigenvalue weighted by atomic mass is 16.6. The van der Waals surface area contributed by atoms with Crippen molar-refractivity contribution in [2.45, 2.75) is 44.2 Å². The summed E-state index contributed by atoms with van der Waals surface area (Å²) < 4.78 is 4.64. The molecule has 9 heteroatoms. The Morgan fingerprint density at radius 1 is 0.952 bits per heavy atom. The molecule has 0 radical (unpaired) electrons. The molecule has 0 aromatic carbocycles. The molecule has 21 heavy (non-hydrogen) atoms. The minimum atomic E-state index is -0.903. The van der Waals surface area contributed by atoms with E-state index < -0.39 is 24.0 Å². The third-order valence-corrected chi connectivity index (χ3v) is 2.74. The van der Waals surface area contributed by atoms with Crippen molar-refractivity contribution in [3.63, 3.8) is 0 Å². The molecule has 0 aliphatic heterocycles. The van der Waals surface area contributed by atoms with Crippen molar-refractivity contribution >= 4 is 17.9 Å². The van der Waals surface area contributed by atoms with Crippen LogP contribution >= 0.6 is 0 Å². The molecule has 0 aromatic rings. The Bertz CT molecular complexity index is 357. The number of esters is 2. The van der Waals surface area contributed by atoms with Gasteiger partial charge in [-0.1, -0.05) is 6.42 Å². The summed E-state index contributed by atoms with van der Waals surface area (Å²) in [6, 6.07) is -1.74. The summed E-state index contributed by atoms with van der Waals surface area (Å²) in [6.45, 7) is 0.886. The molecule has 2 atom stereocenters. The van der Waals surface area contributed by atoms with E-state index in [0.717, 1.165) is 6.42 Å². The number of ether oxygens (including phenoxy) is 1. The first kappa shape index (κ1) is 19.3. The lowest BCUT2D eigenvalue weighted by molar-refractivity contribution is -0.161. The van der Waals surface area contributed by atoms with E-state index in [-0.39, 0.29) is 5.96 Å². The molecule has 10 N–H and O–H groups in total. The van der Waals surface area contributed by atoms with Crippen molar-refractivity contribution in [3.8, 4) is 0 Å². The van der Waals surface area contributed by atoms with Gasteiger partial charge >= 0.3 is 11.9 Å². The van der Waals surface area contributed by atoms with Gasteiger partial charge in [0.25, 0.3) is 0 Å². The first-order valence-corrected chi connectivity index (χ1v) is 6.90. The molecule has 0 bridgehead atoms. The fraction of sp³-hybridized carbons (Fsp3) is 0.750. The molecule has 0 spiro atoms. The topological polar surface area (TPSA) is 186 Å². The Balaban J connectivity index is 3.99. The number of hydrogen-bond acceptors (Lipinski definition) is 7. The highest BCUT2D eigenvalue weighted by Crippen LogP contribution is 2.03. The third-order valence-electron chi connectivity index (χ3n) is 2.74. The van der Waals surface area contributed by atoms with Crippen molar-refractivity contribution in [1.29, 1.82) is 0 Å². The largest absolute Gasteiger partial charge is 0.391 e. The molecule has 0 heterocycles. The summed E-state index contributed by atoms with van der Waals surface area (Å²) in [5.41, 5.74) is 26.9. The van der Waals surface area contributed by atoms with Crippen LogP contribution in [0.4, 0.5) is 0 Å². The van der Waals surface area contributed by atoms with E-state index in [0.29, 0.717) is 38.8 Å². The van der Waals surface area contributed by atoms with Crippen LogP contribution in [0.25, 0.3) is 0 Å². The van der Waals surface area contributed by atoms with Crippen molar-refractivity contribution in [3.05, 3.63) is 0 Å². The van der Waals surface area contributed by atoms with E-state index in [1.165, 1.54) is 0 Å². The summed E-state index contributed by atoms with van der Waals surface area (Å²) in [5.74, 6) is -1.58. The average Bonchev–Trinajstić information content (AvgIpc) is 2.43. The maximum absolute atomic E-state index is 11.6. The summed E-state index contributed by atoms with van der Waals surface area (Å²) in [6.07, 6.45) is 2.70. The van der Waals surface area contributed by atoms with Gasteiger partial charge < -0.3 is 33.4 Å². The van der Waals surface area contributed by atoms with Crippen molar-refractivity contribution in [2.24, 2.45) is 33.7 Å². The third kappa shape index (κ3) is 9.77. The molecule has 0 rings (SSSR count). The monoisotopic (exact) mass is 302 g/mol. The zero-order valence-corrected chi connectivity index (χ0v) is 12.2. The number of unbranched alkanes of at least 4 members (excludes halogenated alkanes) is 1. The second-order valence-electron chi connectivity index (χ2n) is 4.69. The normalized spacial score (nSPS) is 13.3. The zero-order valence-electron chi connectivity index (χ0n) is 12.2. The first-order chi connectivity index (χ1) is 9.88. The number of aliphatic imine (C=N–C) groups is 1. The maximum Gasteiger partial charge on any atom is 0.330 e. The number of nitrogens with two attached hydrogens (primary N) is 5. The Labute approximate surface area is 124 Å². The lowest BCUT2D eigenvalue weighted by Gasteiger charge is -2.13. The van der Waals surface area contributed by atoms with Crippen LogP contribution in [0.3, 0.4) is 0 Å². The molecule has 0 aromatic heterocycles. The van der Waals surface area contributed by atoms with Crippen LogP contribution in [0, 0.1) is 0 Å². The first-order valence-electron chi connectivity index (χ1n) is 6.90. The van der Waals surface area contributed by atoms with E-state index in [9.17, 15) is 9.59 Å². The summed E-state index contributed by atoms with van der Waals surface area (Å²) >= 11 is 0. The molecule has 0 aliphatic rings. The van der Waals surface area contributed by atoms with Gasteiger partial charge in [0.05, 0.1) is 0 Å². The van der Waals surface area contributed by atoms with E-state index in [1.807, 2.05) is 0 Å². The Hall–Kier alpha value is -1.71. The Kier molecular flexibility index (Phi) is 10.1. The van der Waals surface area contributed by atoms with Crippen LogP contribution in [-0.4, -0.2) is 43.1 Å². The van der Waals surface area contributed by atoms with Crippen LogP contribution in [0.1, 0.15) is 32.1 Å². The van der Waals surface area contributed by atoms with Gasteiger partial charge in [-0.15, -0.1) is 0 Å². The number of carbonyl (C=O) groups is 2.